The van der Waals surface area contributed by atoms with E-state index in [1.54, 1.807) is 24.3 Å². The SMILES string of the molecule is COC(=O)c1ccc(C(=O)NC(C)C)cc1. The second-order valence-electron chi connectivity index (χ2n) is 3.70. The van der Waals surface area contributed by atoms with Crippen LogP contribution in [0.2, 0.25) is 0 Å². The van der Waals surface area contributed by atoms with Crippen molar-refractivity contribution in [1.29, 1.82) is 0 Å². The predicted octanol–water partition coefficient (Wildman–Crippen LogP) is 1.61. The molecule has 0 bridgehead atoms. The van der Waals surface area contributed by atoms with E-state index in [4.69, 9.17) is 0 Å². The summed E-state index contributed by atoms with van der Waals surface area (Å²) in [5.74, 6) is -0.553. The van der Waals surface area contributed by atoms with Gasteiger partial charge in [-0.2, -0.15) is 0 Å². The van der Waals surface area contributed by atoms with Crippen LogP contribution in [0.1, 0.15) is 34.6 Å². The summed E-state index contributed by atoms with van der Waals surface area (Å²) in [6.07, 6.45) is 0. The number of nitrogens with one attached hydrogen (secondary N) is 1. The van der Waals surface area contributed by atoms with Crippen LogP contribution in [0.5, 0.6) is 0 Å². The van der Waals surface area contributed by atoms with Crippen molar-refractivity contribution in [3.8, 4) is 0 Å². The Morgan fingerprint density at radius 1 is 1.12 bits per heavy atom. The minimum atomic E-state index is -0.407. The Hall–Kier alpha value is -1.84. The molecule has 0 unspecified atom stereocenters. The molecule has 1 aromatic carbocycles. The fourth-order valence-electron chi connectivity index (χ4n) is 1.22. The molecule has 4 heteroatoms. The van der Waals surface area contributed by atoms with Gasteiger partial charge in [-0.15, -0.1) is 0 Å². The zero-order valence-corrected chi connectivity index (χ0v) is 9.61. The van der Waals surface area contributed by atoms with Gasteiger partial charge in [0.15, 0.2) is 0 Å². The second kappa shape index (κ2) is 5.30. The molecular weight excluding hydrogens is 206 g/mol. The highest BCUT2D eigenvalue weighted by molar-refractivity contribution is 5.96. The van der Waals surface area contributed by atoms with Gasteiger partial charge in [0.25, 0.3) is 5.91 Å². The second-order valence-corrected chi connectivity index (χ2v) is 3.70. The normalized spacial score (nSPS) is 10.0. The lowest BCUT2D eigenvalue weighted by atomic mass is 10.1. The standard InChI is InChI=1S/C12H15NO3/c1-8(2)13-11(14)9-4-6-10(7-5-9)12(15)16-3/h4-8H,1-3H3,(H,13,14). The van der Waals surface area contributed by atoms with Crippen LogP contribution in [0.4, 0.5) is 0 Å². The third-order valence-corrected chi connectivity index (χ3v) is 1.99. The van der Waals surface area contributed by atoms with E-state index in [0.717, 1.165) is 0 Å². The Balaban J connectivity index is 2.78. The van der Waals surface area contributed by atoms with Crippen LogP contribution in [-0.4, -0.2) is 25.0 Å². The molecule has 0 spiro atoms. The molecule has 1 amide bonds. The summed E-state index contributed by atoms with van der Waals surface area (Å²) in [6, 6.07) is 6.43. The third-order valence-electron chi connectivity index (χ3n) is 1.99. The van der Waals surface area contributed by atoms with Gasteiger partial charge in [-0.1, -0.05) is 0 Å². The molecule has 86 valence electrons. The van der Waals surface area contributed by atoms with Crippen LogP contribution >= 0.6 is 0 Å². The summed E-state index contributed by atoms with van der Waals surface area (Å²) in [5, 5.41) is 2.77. The average molecular weight is 221 g/mol. The Bertz CT molecular complexity index is 382. The maximum atomic E-state index is 11.6. The lowest BCUT2D eigenvalue weighted by Gasteiger charge is -2.08. The molecule has 0 heterocycles. The monoisotopic (exact) mass is 221 g/mol. The summed E-state index contributed by atoms with van der Waals surface area (Å²) in [4.78, 5) is 22.7. The summed E-state index contributed by atoms with van der Waals surface area (Å²) in [7, 11) is 1.32. The molecule has 0 saturated carbocycles. The minimum Gasteiger partial charge on any atom is -0.465 e. The van der Waals surface area contributed by atoms with Gasteiger partial charge in [-0.3, -0.25) is 4.79 Å². The molecule has 4 nitrogen and oxygen atoms in total. The van der Waals surface area contributed by atoms with Crippen LogP contribution < -0.4 is 5.32 Å². The Kier molecular flexibility index (Phi) is 4.05. The number of benzene rings is 1. The summed E-state index contributed by atoms with van der Waals surface area (Å²) >= 11 is 0. The number of hydrogen-bond donors (Lipinski definition) is 1. The van der Waals surface area contributed by atoms with Crippen LogP contribution in [0, 0.1) is 0 Å². The minimum absolute atomic E-state index is 0.0905. The van der Waals surface area contributed by atoms with Crippen molar-refractivity contribution >= 4 is 11.9 Å². The Morgan fingerprint density at radius 3 is 2.06 bits per heavy atom. The van der Waals surface area contributed by atoms with Gasteiger partial charge in [0.1, 0.15) is 0 Å². The smallest absolute Gasteiger partial charge is 0.337 e. The molecule has 0 radical (unpaired) electrons. The summed E-state index contributed by atoms with van der Waals surface area (Å²) < 4.78 is 4.56. The zero-order chi connectivity index (χ0) is 12.1. The van der Waals surface area contributed by atoms with E-state index >= 15 is 0 Å². The molecule has 0 aliphatic carbocycles. The fourth-order valence-corrected chi connectivity index (χ4v) is 1.22. The first-order chi connectivity index (χ1) is 7.54. The van der Waals surface area contributed by atoms with E-state index in [0.29, 0.717) is 11.1 Å². The molecule has 16 heavy (non-hydrogen) atoms. The number of rotatable bonds is 3. The first-order valence-corrected chi connectivity index (χ1v) is 5.04. The van der Waals surface area contributed by atoms with Crippen molar-refractivity contribution in [3.63, 3.8) is 0 Å². The first kappa shape index (κ1) is 12.2. The van der Waals surface area contributed by atoms with E-state index < -0.39 is 5.97 Å². The third kappa shape index (κ3) is 3.08. The fraction of sp³-hybridized carbons (Fsp3) is 0.333. The molecule has 1 aromatic rings. The van der Waals surface area contributed by atoms with E-state index in [1.165, 1.54) is 7.11 Å². The lowest BCUT2D eigenvalue weighted by Crippen LogP contribution is -2.30. The van der Waals surface area contributed by atoms with E-state index in [-0.39, 0.29) is 11.9 Å². The highest BCUT2D eigenvalue weighted by Crippen LogP contribution is 2.05. The number of carbonyl (C=O) groups excluding carboxylic acids is 2. The molecule has 1 N–H and O–H groups in total. The summed E-state index contributed by atoms with van der Waals surface area (Å²) in [5.41, 5.74) is 0.963. The van der Waals surface area contributed by atoms with Crippen LogP contribution in [0.25, 0.3) is 0 Å². The van der Waals surface area contributed by atoms with Crippen molar-refractivity contribution < 1.29 is 14.3 Å². The van der Waals surface area contributed by atoms with Crippen molar-refractivity contribution in [2.75, 3.05) is 7.11 Å². The zero-order valence-electron chi connectivity index (χ0n) is 9.61. The maximum Gasteiger partial charge on any atom is 0.337 e. The molecule has 0 aromatic heterocycles. The van der Waals surface area contributed by atoms with Crippen molar-refractivity contribution in [1.82, 2.24) is 5.32 Å². The molecule has 0 aliphatic rings. The van der Waals surface area contributed by atoms with Gasteiger partial charge < -0.3 is 10.1 Å². The largest absolute Gasteiger partial charge is 0.465 e. The highest BCUT2D eigenvalue weighted by atomic mass is 16.5. The van der Waals surface area contributed by atoms with Crippen LogP contribution in [0.3, 0.4) is 0 Å². The van der Waals surface area contributed by atoms with Crippen LogP contribution in [-0.2, 0) is 4.74 Å². The molecule has 0 saturated heterocycles. The number of hydrogen-bond acceptors (Lipinski definition) is 3. The average Bonchev–Trinajstić information content (AvgIpc) is 2.27. The Labute approximate surface area is 94.6 Å². The Morgan fingerprint density at radius 2 is 1.62 bits per heavy atom. The van der Waals surface area contributed by atoms with Gasteiger partial charge in [0.05, 0.1) is 12.7 Å². The van der Waals surface area contributed by atoms with E-state index in [2.05, 4.69) is 10.1 Å². The van der Waals surface area contributed by atoms with E-state index in [1.807, 2.05) is 13.8 Å². The van der Waals surface area contributed by atoms with Crippen LogP contribution in [0.15, 0.2) is 24.3 Å². The number of carbonyl (C=O) groups is 2. The quantitative estimate of drug-likeness (QED) is 0.789. The topological polar surface area (TPSA) is 55.4 Å². The van der Waals surface area contributed by atoms with Gasteiger partial charge in [-0.25, -0.2) is 4.79 Å². The van der Waals surface area contributed by atoms with Gasteiger partial charge >= 0.3 is 5.97 Å². The number of amides is 1. The molecule has 0 aliphatic heterocycles. The van der Waals surface area contributed by atoms with E-state index in [9.17, 15) is 9.59 Å². The summed E-state index contributed by atoms with van der Waals surface area (Å²) in [6.45, 7) is 3.78. The number of ether oxygens (including phenoxy) is 1. The van der Waals surface area contributed by atoms with Crippen molar-refractivity contribution in [2.24, 2.45) is 0 Å². The first-order valence-electron chi connectivity index (χ1n) is 5.04. The van der Waals surface area contributed by atoms with Gasteiger partial charge in [0.2, 0.25) is 0 Å². The number of esters is 1. The lowest BCUT2D eigenvalue weighted by molar-refractivity contribution is 0.0600. The molecule has 0 fully saturated rings. The highest BCUT2D eigenvalue weighted by Gasteiger charge is 2.09. The van der Waals surface area contributed by atoms with Crippen molar-refractivity contribution in [2.45, 2.75) is 19.9 Å². The maximum absolute atomic E-state index is 11.6. The number of methoxy groups -OCH3 is 1. The van der Waals surface area contributed by atoms with Gasteiger partial charge in [-0.05, 0) is 38.1 Å². The van der Waals surface area contributed by atoms with Gasteiger partial charge in [0, 0.05) is 11.6 Å². The molecular formula is C12H15NO3. The van der Waals surface area contributed by atoms with Crippen molar-refractivity contribution in [3.05, 3.63) is 35.4 Å². The molecule has 1 rings (SSSR count). The predicted molar refractivity (Wildman–Crippen MR) is 60.4 cm³/mol. The molecule has 0 atom stereocenters.